The summed E-state index contributed by atoms with van der Waals surface area (Å²) >= 11 is 0. The van der Waals surface area contributed by atoms with Crippen LogP contribution in [-0.2, 0) is 10.3 Å². The normalized spacial score (nSPS) is 20.9. The molecule has 1 saturated carbocycles. The van der Waals surface area contributed by atoms with E-state index in [9.17, 15) is 4.39 Å². The van der Waals surface area contributed by atoms with E-state index in [-0.39, 0.29) is 11.5 Å². The van der Waals surface area contributed by atoms with Gasteiger partial charge in [-0.3, -0.25) is 0 Å². The summed E-state index contributed by atoms with van der Waals surface area (Å²) in [4.78, 5) is 8.47. The Bertz CT molecular complexity index is 469. The zero-order chi connectivity index (χ0) is 15.0. The Morgan fingerprint density at radius 1 is 1.20 bits per heavy atom. The van der Waals surface area contributed by atoms with E-state index in [0.717, 1.165) is 25.7 Å². The Labute approximate surface area is 119 Å². The largest absolute Gasteiger partial charge is 0.381 e. The van der Waals surface area contributed by atoms with Crippen LogP contribution in [0.3, 0.4) is 0 Å². The lowest BCUT2D eigenvalue weighted by Gasteiger charge is -2.42. The van der Waals surface area contributed by atoms with E-state index in [1.165, 1.54) is 0 Å². The first-order valence-electron chi connectivity index (χ1n) is 7.24. The van der Waals surface area contributed by atoms with Crippen LogP contribution in [0.2, 0.25) is 0 Å². The van der Waals surface area contributed by atoms with Crippen molar-refractivity contribution in [3.05, 3.63) is 17.3 Å². The third-order valence-electron chi connectivity index (χ3n) is 4.28. The summed E-state index contributed by atoms with van der Waals surface area (Å²) in [5.74, 6) is -0.0841. The van der Waals surface area contributed by atoms with Crippen molar-refractivity contribution < 1.29 is 9.13 Å². The van der Waals surface area contributed by atoms with Crippen molar-refractivity contribution in [3.63, 3.8) is 0 Å². The fourth-order valence-electron chi connectivity index (χ4n) is 2.82. The topological polar surface area (TPSA) is 61.0 Å². The van der Waals surface area contributed by atoms with Crippen LogP contribution in [-0.4, -0.2) is 16.6 Å². The second kappa shape index (κ2) is 5.28. The molecule has 1 fully saturated rings. The van der Waals surface area contributed by atoms with Crippen molar-refractivity contribution in [2.45, 2.75) is 59.0 Å². The molecule has 0 spiro atoms. The molecule has 1 aliphatic carbocycles. The van der Waals surface area contributed by atoms with E-state index in [1.54, 1.807) is 6.92 Å². The summed E-state index contributed by atoms with van der Waals surface area (Å²) in [5, 5.41) is 0. The number of nitrogens with two attached hydrogens (primary N) is 1. The number of halogens is 1. The molecule has 0 amide bonds. The first kappa shape index (κ1) is 15.2. The maximum absolute atomic E-state index is 13.6. The van der Waals surface area contributed by atoms with Crippen LogP contribution >= 0.6 is 0 Å². The summed E-state index contributed by atoms with van der Waals surface area (Å²) in [6.45, 7) is 8.67. The first-order valence-corrected chi connectivity index (χ1v) is 7.24. The Morgan fingerprint density at radius 3 is 2.30 bits per heavy atom. The summed E-state index contributed by atoms with van der Waals surface area (Å²) in [6, 6.07) is 0. The highest BCUT2D eigenvalue weighted by atomic mass is 19.1. The SMILES string of the molecule is CCOC1(c2nc(C)c(F)c(N)n2)CCC(C)(C)CC1. The van der Waals surface area contributed by atoms with Crippen LogP contribution in [0.5, 0.6) is 0 Å². The summed E-state index contributed by atoms with van der Waals surface area (Å²) in [7, 11) is 0. The molecule has 1 aromatic heterocycles. The zero-order valence-corrected chi connectivity index (χ0v) is 12.8. The minimum absolute atomic E-state index is 0.0867. The lowest BCUT2D eigenvalue weighted by Crippen LogP contribution is -2.39. The number of anilines is 1. The molecule has 0 aliphatic heterocycles. The number of nitrogen functional groups attached to an aromatic ring is 1. The van der Waals surface area contributed by atoms with Gasteiger partial charge in [0, 0.05) is 6.61 Å². The van der Waals surface area contributed by atoms with Gasteiger partial charge in [-0.2, -0.15) is 0 Å². The number of hydrogen-bond donors (Lipinski definition) is 1. The standard InChI is InChI=1S/C15H24FN3O/c1-5-20-15(8-6-14(3,4)7-9-15)13-18-10(2)11(16)12(17)19-13/h5-9H2,1-4H3,(H2,17,18,19). The maximum Gasteiger partial charge on any atom is 0.186 e. The first-order chi connectivity index (χ1) is 9.30. The molecule has 0 atom stereocenters. The van der Waals surface area contributed by atoms with E-state index in [1.807, 2.05) is 6.92 Å². The highest BCUT2D eigenvalue weighted by Gasteiger charge is 2.43. The molecule has 112 valence electrons. The molecule has 4 nitrogen and oxygen atoms in total. The molecule has 20 heavy (non-hydrogen) atoms. The van der Waals surface area contributed by atoms with Crippen LogP contribution in [0.4, 0.5) is 10.2 Å². The van der Waals surface area contributed by atoms with Gasteiger partial charge in [0.25, 0.3) is 0 Å². The predicted octanol–water partition coefficient (Wildman–Crippen LogP) is 3.34. The van der Waals surface area contributed by atoms with Gasteiger partial charge in [0.2, 0.25) is 0 Å². The quantitative estimate of drug-likeness (QED) is 0.923. The molecule has 2 rings (SSSR count). The van der Waals surface area contributed by atoms with Gasteiger partial charge in [-0.1, -0.05) is 13.8 Å². The van der Waals surface area contributed by atoms with Crippen LogP contribution < -0.4 is 5.73 Å². The molecule has 0 bridgehead atoms. The number of aromatic nitrogens is 2. The zero-order valence-electron chi connectivity index (χ0n) is 12.8. The Hall–Kier alpha value is -1.23. The van der Waals surface area contributed by atoms with Crippen molar-refractivity contribution in [1.82, 2.24) is 9.97 Å². The lowest BCUT2D eigenvalue weighted by atomic mass is 9.70. The molecule has 1 aliphatic rings. The number of rotatable bonds is 3. The predicted molar refractivity (Wildman–Crippen MR) is 76.7 cm³/mol. The van der Waals surface area contributed by atoms with Crippen molar-refractivity contribution in [2.24, 2.45) is 5.41 Å². The fraction of sp³-hybridized carbons (Fsp3) is 0.733. The highest BCUT2D eigenvalue weighted by Crippen LogP contribution is 2.46. The van der Waals surface area contributed by atoms with Gasteiger partial charge >= 0.3 is 0 Å². The van der Waals surface area contributed by atoms with E-state index in [0.29, 0.717) is 17.8 Å². The molecule has 0 unspecified atom stereocenters. The Kier molecular flexibility index (Phi) is 4.00. The molecule has 1 aromatic rings. The van der Waals surface area contributed by atoms with E-state index in [4.69, 9.17) is 10.5 Å². The second-order valence-corrected chi connectivity index (χ2v) is 6.42. The van der Waals surface area contributed by atoms with Crippen molar-refractivity contribution in [3.8, 4) is 0 Å². The lowest BCUT2D eigenvalue weighted by molar-refractivity contribution is -0.0948. The van der Waals surface area contributed by atoms with Gasteiger partial charge in [0.1, 0.15) is 5.60 Å². The monoisotopic (exact) mass is 281 g/mol. The number of ether oxygens (including phenoxy) is 1. The van der Waals surface area contributed by atoms with Crippen LogP contribution in [0, 0.1) is 18.2 Å². The van der Waals surface area contributed by atoms with E-state index < -0.39 is 11.4 Å². The van der Waals surface area contributed by atoms with Crippen LogP contribution in [0.25, 0.3) is 0 Å². The minimum atomic E-state index is -0.531. The smallest absolute Gasteiger partial charge is 0.186 e. The van der Waals surface area contributed by atoms with Gasteiger partial charge in [-0.05, 0) is 44.9 Å². The third-order valence-corrected chi connectivity index (χ3v) is 4.28. The summed E-state index contributed by atoms with van der Waals surface area (Å²) in [6.07, 6.45) is 3.76. The van der Waals surface area contributed by atoms with Crippen molar-refractivity contribution in [1.29, 1.82) is 0 Å². The molecule has 5 heteroatoms. The van der Waals surface area contributed by atoms with Gasteiger partial charge in [-0.15, -0.1) is 0 Å². The van der Waals surface area contributed by atoms with Crippen molar-refractivity contribution in [2.75, 3.05) is 12.3 Å². The number of hydrogen-bond acceptors (Lipinski definition) is 4. The average molecular weight is 281 g/mol. The number of aryl methyl sites for hydroxylation is 1. The molecule has 0 aromatic carbocycles. The molecular formula is C15H24FN3O. The highest BCUT2D eigenvalue weighted by molar-refractivity contribution is 5.33. The molecular weight excluding hydrogens is 257 g/mol. The maximum atomic E-state index is 13.6. The van der Waals surface area contributed by atoms with Crippen molar-refractivity contribution >= 4 is 5.82 Å². The molecule has 2 N–H and O–H groups in total. The third kappa shape index (κ3) is 2.77. The molecule has 1 heterocycles. The Morgan fingerprint density at radius 2 is 1.80 bits per heavy atom. The fourth-order valence-corrected chi connectivity index (χ4v) is 2.82. The summed E-state index contributed by atoms with van der Waals surface area (Å²) < 4.78 is 19.6. The van der Waals surface area contributed by atoms with E-state index >= 15 is 0 Å². The van der Waals surface area contributed by atoms with Gasteiger partial charge in [-0.25, -0.2) is 14.4 Å². The number of nitrogens with zero attached hydrogens (tertiary/aromatic N) is 2. The van der Waals surface area contributed by atoms with Gasteiger partial charge < -0.3 is 10.5 Å². The second-order valence-electron chi connectivity index (χ2n) is 6.42. The van der Waals surface area contributed by atoms with Crippen LogP contribution in [0.1, 0.15) is 58.0 Å². The van der Waals surface area contributed by atoms with Gasteiger partial charge in [0.05, 0.1) is 5.69 Å². The van der Waals surface area contributed by atoms with E-state index in [2.05, 4.69) is 23.8 Å². The molecule has 0 radical (unpaired) electrons. The van der Waals surface area contributed by atoms with Gasteiger partial charge in [0.15, 0.2) is 17.5 Å². The summed E-state index contributed by atoms with van der Waals surface area (Å²) in [5.41, 5.74) is 5.73. The average Bonchev–Trinajstić information content (AvgIpc) is 2.38. The minimum Gasteiger partial charge on any atom is -0.381 e. The molecule has 0 saturated heterocycles. The van der Waals surface area contributed by atoms with Crippen LogP contribution in [0.15, 0.2) is 0 Å². The Balaban J connectivity index is 2.39.